The molecule has 1 rings (SSSR count). The van der Waals surface area contributed by atoms with Crippen molar-refractivity contribution in [3.63, 3.8) is 0 Å². The van der Waals surface area contributed by atoms with E-state index in [0.717, 1.165) is 6.42 Å². The van der Waals surface area contributed by atoms with Crippen LogP contribution in [0.2, 0.25) is 0 Å². The van der Waals surface area contributed by atoms with E-state index >= 15 is 0 Å². The number of unbranched alkanes of at least 4 members (excludes halogenated alkanes) is 1. The summed E-state index contributed by atoms with van der Waals surface area (Å²) in [5.41, 5.74) is -3.29. The van der Waals surface area contributed by atoms with Gasteiger partial charge in [-0.1, -0.05) is 52.4 Å². The molecule has 0 aliphatic rings. The van der Waals surface area contributed by atoms with Crippen LogP contribution in [0.4, 0.5) is 23.2 Å². The summed E-state index contributed by atoms with van der Waals surface area (Å²) >= 11 is 0. The predicted molar refractivity (Wildman–Crippen MR) is 95.9 cm³/mol. The van der Waals surface area contributed by atoms with E-state index in [1.165, 1.54) is 0 Å². The van der Waals surface area contributed by atoms with Gasteiger partial charge in [0.25, 0.3) is 0 Å². The third-order valence-corrected chi connectivity index (χ3v) is 3.93. The van der Waals surface area contributed by atoms with Crippen LogP contribution in [0.5, 0.6) is 0 Å². The van der Waals surface area contributed by atoms with E-state index in [4.69, 9.17) is 0 Å². The van der Waals surface area contributed by atoms with E-state index in [1.54, 1.807) is 0 Å². The Hall–Kier alpha value is -1.74. The molecule has 6 heteroatoms. The molecule has 1 aromatic carbocycles. The Kier molecular flexibility index (Phi) is 8.42. The van der Waals surface area contributed by atoms with Crippen LogP contribution in [-0.4, -0.2) is 17.3 Å². The molecule has 0 aliphatic heterocycles. The highest BCUT2D eigenvalue weighted by Gasteiger charge is 2.27. The van der Waals surface area contributed by atoms with Crippen molar-refractivity contribution in [2.45, 2.75) is 65.4 Å². The molecule has 2 N–H and O–H groups in total. The van der Waals surface area contributed by atoms with E-state index in [1.807, 2.05) is 27.7 Å². The number of rotatable bonds is 8. The average Bonchev–Trinajstić information content (AvgIpc) is 2.55. The molecule has 1 unspecified atom stereocenters. The maximum Gasteiger partial charge on any atom is 0.186 e. The minimum atomic E-state index is -1.56. The van der Waals surface area contributed by atoms with Crippen molar-refractivity contribution in [3.8, 4) is 11.8 Å². The van der Waals surface area contributed by atoms with Crippen molar-refractivity contribution in [2.24, 2.45) is 5.92 Å². The van der Waals surface area contributed by atoms with Gasteiger partial charge in [0.1, 0.15) is 16.9 Å². The van der Waals surface area contributed by atoms with Gasteiger partial charge in [0.15, 0.2) is 23.3 Å². The van der Waals surface area contributed by atoms with Gasteiger partial charge in [-0.05, 0) is 25.2 Å². The van der Waals surface area contributed by atoms with Gasteiger partial charge in [-0.25, -0.2) is 17.6 Å². The largest absolute Gasteiger partial charge is 0.380 e. The Morgan fingerprint density at radius 2 is 1.58 bits per heavy atom. The highest BCUT2D eigenvalue weighted by molar-refractivity contribution is 5.53. The summed E-state index contributed by atoms with van der Waals surface area (Å²) in [5.74, 6) is -1.48. The molecule has 0 heterocycles. The first-order valence-corrected chi connectivity index (χ1v) is 9.02. The van der Waals surface area contributed by atoms with E-state index in [-0.39, 0.29) is 12.5 Å². The van der Waals surface area contributed by atoms with Gasteiger partial charge < -0.3 is 10.4 Å². The van der Waals surface area contributed by atoms with E-state index in [9.17, 15) is 22.7 Å². The van der Waals surface area contributed by atoms with Gasteiger partial charge in [0.05, 0.1) is 0 Å². The highest BCUT2D eigenvalue weighted by Crippen LogP contribution is 2.28. The molecule has 2 nitrogen and oxygen atoms in total. The average molecular weight is 373 g/mol. The molecule has 0 spiro atoms. The minimum Gasteiger partial charge on any atom is -0.380 e. The van der Waals surface area contributed by atoms with Gasteiger partial charge in [-0.2, -0.15) is 0 Å². The van der Waals surface area contributed by atoms with Crippen molar-refractivity contribution in [1.82, 2.24) is 0 Å². The fourth-order valence-electron chi connectivity index (χ4n) is 2.77. The lowest BCUT2D eigenvalue weighted by molar-refractivity contribution is 0.0683. The lowest BCUT2D eigenvalue weighted by Gasteiger charge is -2.23. The highest BCUT2D eigenvalue weighted by atomic mass is 19.2. The smallest absolute Gasteiger partial charge is 0.186 e. The van der Waals surface area contributed by atoms with Crippen molar-refractivity contribution in [3.05, 3.63) is 28.8 Å². The van der Waals surface area contributed by atoms with E-state index in [2.05, 4.69) is 17.2 Å². The van der Waals surface area contributed by atoms with Crippen LogP contribution in [0.1, 0.15) is 65.4 Å². The minimum absolute atomic E-state index is 0.0918. The fourth-order valence-corrected chi connectivity index (χ4v) is 2.77. The summed E-state index contributed by atoms with van der Waals surface area (Å²) < 4.78 is 56.7. The molecular formula is C20H27F4NO. The Bertz CT molecular complexity index is 650. The molecule has 0 aliphatic carbocycles. The number of benzene rings is 1. The summed E-state index contributed by atoms with van der Waals surface area (Å²) in [6.45, 7) is 7.66. The third-order valence-electron chi connectivity index (χ3n) is 3.93. The van der Waals surface area contributed by atoms with Crippen LogP contribution in [0.25, 0.3) is 0 Å². The zero-order valence-corrected chi connectivity index (χ0v) is 15.8. The summed E-state index contributed by atoms with van der Waals surface area (Å²) in [4.78, 5) is 0. The van der Waals surface area contributed by atoms with E-state index in [0.29, 0.717) is 25.7 Å². The number of hydrogen-bond acceptors (Lipinski definition) is 2. The number of nitrogens with one attached hydrogen (secondary N) is 1. The fraction of sp³-hybridized carbons (Fsp3) is 0.600. The molecule has 0 saturated carbocycles. The quantitative estimate of drug-likeness (QED) is 0.277. The zero-order chi connectivity index (χ0) is 19.9. The summed E-state index contributed by atoms with van der Waals surface area (Å²) in [7, 11) is 0. The van der Waals surface area contributed by atoms with Gasteiger partial charge in [0.2, 0.25) is 0 Å². The lowest BCUT2D eigenvalue weighted by Crippen LogP contribution is -2.28. The Morgan fingerprint density at radius 1 is 1.00 bits per heavy atom. The first-order chi connectivity index (χ1) is 12.2. The van der Waals surface area contributed by atoms with Crippen LogP contribution in [0.3, 0.4) is 0 Å². The number of aliphatic hydroxyl groups is 1. The third kappa shape index (κ3) is 5.63. The Balaban J connectivity index is 3.30. The number of anilines is 1. The normalized spacial score (nSPS) is 13.3. The topological polar surface area (TPSA) is 32.3 Å². The van der Waals surface area contributed by atoms with Crippen molar-refractivity contribution < 1.29 is 22.7 Å². The van der Waals surface area contributed by atoms with Crippen LogP contribution >= 0.6 is 0 Å². The monoisotopic (exact) mass is 373 g/mol. The second-order valence-electron chi connectivity index (χ2n) is 6.92. The molecule has 1 aromatic rings. The molecule has 146 valence electrons. The first-order valence-electron chi connectivity index (χ1n) is 9.02. The maximum absolute atomic E-state index is 14.2. The van der Waals surface area contributed by atoms with Gasteiger partial charge in [0, 0.05) is 6.54 Å². The standard InChI is InChI=1S/C20H27F4NO/c1-5-7-11-25-19-17(23)15(21)14(16(22)18(19)24)8-10-20(26,9-6-2)12-13(3)4/h13,25-26H,5-7,9,11-12H2,1-4H3. The van der Waals surface area contributed by atoms with Gasteiger partial charge in [-0.15, -0.1) is 0 Å². The van der Waals surface area contributed by atoms with Crippen molar-refractivity contribution in [1.29, 1.82) is 0 Å². The summed E-state index contributed by atoms with van der Waals surface area (Å²) in [5, 5.41) is 12.9. The van der Waals surface area contributed by atoms with Crippen LogP contribution in [-0.2, 0) is 0 Å². The molecule has 26 heavy (non-hydrogen) atoms. The number of hydrogen-bond donors (Lipinski definition) is 2. The van der Waals surface area contributed by atoms with E-state index < -0.39 is 40.1 Å². The van der Waals surface area contributed by atoms with Crippen LogP contribution in [0.15, 0.2) is 0 Å². The zero-order valence-electron chi connectivity index (χ0n) is 15.8. The predicted octanol–water partition coefficient (Wildman–Crippen LogP) is 5.38. The molecule has 0 radical (unpaired) electrons. The number of halogens is 4. The Labute approximate surface area is 153 Å². The molecule has 0 aromatic heterocycles. The van der Waals surface area contributed by atoms with Crippen LogP contribution < -0.4 is 5.32 Å². The molecule has 1 atom stereocenters. The van der Waals surface area contributed by atoms with Crippen molar-refractivity contribution >= 4 is 5.69 Å². The molecule has 0 fully saturated rings. The maximum atomic E-state index is 14.2. The summed E-state index contributed by atoms with van der Waals surface area (Å²) in [6, 6.07) is 0. The first kappa shape index (κ1) is 22.3. The Morgan fingerprint density at radius 3 is 2.04 bits per heavy atom. The van der Waals surface area contributed by atoms with Gasteiger partial charge in [-0.3, -0.25) is 0 Å². The molecule has 0 amide bonds. The van der Waals surface area contributed by atoms with Crippen LogP contribution in [0, 0.1) is 41.0 Å². The molecule has 0 saturated heterocycles. The molecular weight excluding hydrogens is 346 g/mol. The second kappa shape index (κ2) is 9.82. The van der Waals surface area contributed by atoms with Crippen molar-refractivity contribution in [2.75, 3.05) is 11.9 Å². The lowest BCUT2D eigenvalue weighted by atomic mass is 9.88. The summed E-state index contributed by atoms with van der Waals surface area (Å²) in [6.07, 6.45) is 2.55. The SMILES string of the molecule is CCCCNc1c(F)c(F)c(C#CC(O)(CCC)CC(C)C)c(F)c1F. The second-order valence-corrected chi connectivity index (χ2v) is 6.92. The van der Waals surface area contributed by atoms with Gasteiger partial charge >= 0.3 is 0 Å². The molecule has 0 bridgehead atoms.